The number of nitrogens with one attached hydrogen (secondary N) is 1. The van der Waals surface area contributed by atoms with Crippen LogP contribution >= 0.6 is 0 Å². The van der Waals surface area contributed by atoms with Gasteiger partial charge in [-0.1, -0.05) is 6.42 Å². The molecule has 0 radical (unpaired) electrons. The lowest BCUT2D eigenvalue weighted by molar-refractivity contribution is -0.186. The molecule has 5 nitrogen and oxygen atoms in total. The van der Waals surface area contributed by atoms with Crippen molar-refractivity contribution in [3.63, 3.8) is 0 Å². The van der Waals surface area contributed by atoms with Crippen molar-refractivity contribution in [1.29, 1.82) is 0 Å². The molecule has 7 heteroatoms. The summed E-state index contributed by atoms with van der Waals surface area (Å²) >= 11 is 0. The van der Waals surface area contributed by atoms with E-state index in [2.05, 4.69) is 4.72 Å². The maximum Gasteiger partial charge on any atom is 0.240 e. The van der Waals surface area contributed by atoms with E-state index in [1.807, 2.05) is 0 Å². The van der Waals surface area contributed by atoms with Gasteiger partial charge in [-0.2, -0.15) is 0 Å². The van der Waals surface area contributed by atoms with Crippen LogP contribution < -0.4 is 4.72 Å². The van der Waals surface area contributed by atoms with Crippen molar-refractivity contribution >= 4 is 10.0 Å². The number of halogens is 1. The van der Waals surface area contributed by atoms with Gasteiger partial charge >= 0.3 is 0 Å². The standard InChI is InChI=1S/C16H22FNO4S/c1-12-9-14(5-6-15(12)17)23(19,20)18-10-13-11-21-16(22-13)7-3-2-4-8-16/h5-6,9,13,18H,2-4,7-8,10-11H2,1H3/t13-/m0/s1. The lowest BCUT2D eigenvalue weighted by Gasteiger charge is -2.31. The molecular formula is C16H22FNO4S. The van der Waals surface area contributed by atoms with E-state index < -0.39 is 21.6 Å². The van der Waals surface area contributed by atoms with Crippen molar-refractivity contribution in [2.45, 2.75) is 55.8 Å². The van der Waals surface area contributed by atoms with Crippen molar-refractivity contribution in [2.24, 2.45) is 0 Å². The third-order valence-electron chi connectivity index (χ3n) is 4.47. The minimum Gasteiger partial charge on any atom is -0.347 e. The Hall–Kier alpha value is -1.02. The smallest absolute Gasteiger partial charge is 0.240 e. The Labute approximate surface area is 136 Å². The molecule has 1 spiro atoms. The molecule has 1 heterocycles. The van der Waals surface area contributed by atoms with Crippen molar-refractivity contribution in [1.82, 2.24) is 4.72 Å². The molecule has 128 valence electrons. The molecule has 0 amide bonds. The summed E-state index contributed by atoms with van der Waals surface area (Å²) in [6.45, 7) is 2.08. The monoisotopic (exact) mass is 343 g/mol. The lowest BCUT2D eigenvalue weighted by Crippen LogP contribution is -2.37. The van der Waals surface area contributed by atoms with E-state index in [0.29, 0.717) is 12.2 Å². The summed E-state index contributed by atoms with van der Waals surface area (Å²) in [5.41, 5.74) is 0.300. The molecule has 1 aromatic rings. The largest absolute Gasteiger partial charge is 0.347 e. The molecule has 2 aliphatic rings. The Kier molecular flexibility index (Phi) is 4.73. The van der Waals surface area contributed by atoms with Gasteiger partial charge in [-0.15, -0.1) is 0 Å². The molecule has 23 heavy (non-hydrogen) atoms. The summed E-state index contributed by atoms with van der Waals surface area (Å²) in [5, 5.41) is 0. The second-order valence-electron chi connectivity index (χ2n) is 6.29. The van der Waals surface area contributed by atoms with Crippen LogP contribution in [0, 0.1) is 12.7 Å². The van der Waals surface area contributed by atoms with Crippen LogP contribution in [0.4, 0.5) is 4.39 Å². The number of hydrogen-bond donors (Lipinski definition) is 1. The second kappa shape index (κ2) is 6.47. The Morgan fingerprint density at radius 3 is 2.74 bits per heavy atom. The van der Waals surface area contributed by atoms with E-state index in [1.165, 1.54) is 25.5 Å². The molecule has 1 N–H and O–H groups in total. The highest BCUT2D eigenvalue weighted by Crippen LogP contribution is 2.37. The first kappa shape index (κ1) is 16.8. The van der Waals surface area contributed by atoms with E-state index >= 15 is 0 Å². The van der Waals surface area contributed by atoms with Gasteiger partial charge in [0, 0.05) is 19.4 Å². The van der Waals surface area contributed by atoms with Crippen LogP contribution in [0.25, 0.3) is 0 Å². The van der Waals surface area contributed by atoms with Gasteiger partial charge in [0.15, 0.2) is 5.79 Å². The SMILES string of the molecule is Cc1cc(S(=O)(=O)NC[C@H]2COC3(CCCCC3)O2)ccc1F. The number of benzene rings is 1. The number of rotatable bonds is 4. The third kappa shape index (κ3) is 3.74. The van der Waals surface area contributed by atoms with Crippen LogP contribution in [-0.4, -0.2) is 33.5 Å². The van der Waals surface area contributed by atoms with E-state index in [-0.39, 0.29) is 17.5 Å². The van der Waals surface area contributed by atoms with Crippen molar-refractivity contribution in [3.05, 3.63) is 29.6 Å². The fourth-order valence-electron chi connectivity index (χ4n) is 3.14. The Bertz CT molecular complexity index is 671. The van der Waals surface area contributed by atoms with E-state index in [1.54, 1.807) is 0 Å². The Morgan fingerprint density at radius 2 is 2.04 bits per heavy atom. The van der Waals surface area contributed by atoms with Gasteiger partial charge in [-0.3, -0.25) is 0 Å². The van der Waals surface area contributed by atoms with Crippen molar-refractivity contribution < 1.29 is 22.3 Å². The average Bonchev–Trinajstić information content (AvgIpc) is 2.91. The molecule has 0 aromatic heterocycles. The van der Waals surface area contributed by atoms with Crippen LogP contribution in [0.2, 0.25) is 0 Å². The second-order valence-corrected chi connectivity index (χ2v) is 8.05. The first-order valence-corrected chi connectivity index (χ1v) is 9.46. The predicted molar refractivity (Wildman–Crippen MR) is 83.0 cm³/mol. The molecular weight excluding hydrogens is 321 g/mol. The quantitative estimate of drug-likeness (QED) is 0.912. The topological polar surface area (TPSA) is 64.6 Å². The molecule has 1 aromatic carbocycles. The van der Waals surface area contributed by atoms with Gasteiger partial charge in [0.2, 0.25) is 10.0 Å². The minimum absolute atomic E-state index is 0.0581. The van der Waals surface area contributed by atoms with Crippen LogP contribution in [0.3, 0.4) is 0 Å². The molecule has 0 bridgehead atoms. The predicted octanol–water partition coefficient (Wildman–Crippen LogP) is 2.49. The summed E-state index contributed by atoms with van der Waals surface area (Å²) in [7, 11) is -3.68. The zero-order chi connectivity index (χ0) is 16.5. The first-order valence-electron chi connectivity index (χ1n) is 7.98. The van der Waals surface area contributed by atoms with Gasteiger partial charge in [-0.25, -0.2) is 17.5 Å². The van der Waals surface area contributed by atoms with Gasteiger partial charge in [0.25, 0.3) is 0 Å². The van der Waals surface area contributed by atoms with Crippen molar-refractivity contribution in [3.8, 4) is 0 Å². The van der Waals surface area contributed by atoms with Crippen LogP contribution in [0.1, 0.15) is 37.7 Å². The molecule has 1 aliphatic carbocycles. The molecule has 3 rings (SSSR count). The van der Waals surface area contributed by atoms with Crippen LogP contribution in [-0.2, 0) is 19.5 Å². The molecule has 2 fully saturated rings. The van der Waals surface area contributed by atoms with Crippen LogP contribution in [0.5, 0.6) is 0 Å². The van der Waals surface area contributed by atoms with Gasteiger partial charge in [0.05, 0.1) is 17.6 Å². The molecule has 1 aliphatic heterocycles. The zero-order valence-corrected chi connectivity index (χ0v) is 14.0. The molecule has 0 unspecified atom stereocenters. The van der Waals surface area contributed by atoms with Crippen molar-refractivity contribution in [2.75, 3.05) is 13.2 Å². The van der Waals surface area contributed by atoms with Gasteiger partial charge in [0.1, 0.15) is 5.82 Å². The van der Waals surface area contributed by atoms with Gasteiger partial charge in [-0.05, 0) is 43.5 Å². The number of aryl methyl sites for hydroxylation is 1. The van der Waals surface area contributed by atoms with Crippen LogP contribution in [0.15, 0.2) is 23.1 Å². The number of sulfonamides is 1. The maximum absolute atomic E-state index is 13.3. The number of ether oxygens (including phenoxy) is 2. The first-order chi connectivity index (χ1) is 10.9. The summed E-state index contributed by atoms with van der Waals surface area (Å²) in [5.74, 6) is -0.934. The fraction of sp³-hybridized carbons (Fsp3) is 0.625. The molecule has 1 saturated carbocycles. The van der Waals surface area contributed by atoms with E-state index in [0.717, 1.165) is 31.7 Å². The minimum atomic E-state index is -3.68. The summed E-state index contributed by atoms with van der Waals surface area (Å²) in [6.07, 6.45) is 4.79. The fourth-order valence-corrected chi connectivity index (χ4v) is 4.29. The lowest BCUT2D eigenvalue weighted by atomic mass is 9.94. The summed E-state index contributed by atoms with van der Waals surface area (Å²) < 4.78 is 52.1. The Morgan fingerprint density at radius 1 is 1.30 bits per heavy atom. The summed E-state index contributed by atoms with van der Waals surface area (Å²) in [6, 6.07) is 3.75. The molecule has 1 atom stereocenters. The maximum atomic E-state index is 13.3. The highest BCUT2D eigenvalue weighted by atomic mass is 32.2. The van der Waals surface area contributed by atoms with Gasteiger partial charge < -0.3 is 9.47 Å². The highest BCUT2D eigenvalue weighted by molar-refractivity contribution is 7.89. The summed E-state index contributed by atoms with van der Waals surface area (Å²) in [4.78, 5) is 0.0581. The third-order valence-corrected chi connectivity index (χ3v) is 5.89. The average molecular weight is 343 g/mol. The normalized spacial score (nSPS) is 24.2. The zero-order valence-electron chi connectivity index (χ0n) is 13.2. The number of hydrogen-bond acceptors (Lipinski definition) is 4. The molecule has 1 saturated heterocycles. The highest BCUT2D eigenvalue weighted by Gasteiger charge is 2.42. The van der Waals surface area contributed by atoms with E-state index in [9.17, 15) is 12.8 Å². The Balaban J connectivity index is 1.60. The van der Waals surface area contributed by atoms with E-state index in [4.69, 9.17) is 9.47 Å².